The van der Waals surface area contributed by atoms with E-state index in [1.165, 1.54) is 23.4 Å². The van der Waals surface area contributed by atoms with Crippen LogP contribution < -0.4 is 5.32 Å². The van der Waals surface area contributed by atoms with Crippen LogP contribution in [0.3, 0.4) is 0 Å². The van der Waals surface area contributed by atoms with Gasteiger partial charge in [0.25, 0.3) is 0 Å². The van der Waals surface area contributed by atoms with Gasteiger partial charge in [-0.25, -0.2) is 0 Å². The monoisotopic (exact) mass is 264 g/mol. The molecule has 1 heterocycles. The van der Waals surface area contributed by atoms with Crippen molar-refractivity contribution in [2.24, 2.45) is 0 Å². The third kappa shape index (κ3) is 3.50. The highest BCUT2D eigenvalue weighted by Gasteiger charge is 2.24. The van der Waals surface area contributed by atoms with Gasteiger partial charge >= 0.3 is 0 Å². The van der Waals surface area contributed by atoms with Crippen molar-refractivity contribution in [1.29, 1.82) is 0 Å². The van der Waals surface area contributed by atoms with Crippen molar-refractivity contribution in [3.8, 4) is 0 Å². The van der Waals surface area contributed by atoms with E-state index in [1.807, 2.05) is 7.05 Å². The number of hydrogen-bond donors (Lipinski definition) is 1. The van der Waals surface area contributed by atoms with Gasteiger partial charge in [0.2, 0.25) is 0 Å². The van der Waals surface area contributed by atoms with Crippen LogP contribution in [0.25, 0.3) is 0 Å². The molecule has 0 saturated carbocycles. The Morgan fingerprint density at radius 2 is 1.89 bits per heavy atom. The average molecular weight is 264 g/mol. The number of rotatable bonds is 4. The highest BCUT2D eigenvalue weighted by atomic mass is 32.2. The molecule has 1 N–H and O–H groups in total. The van der Waals surface area contributed by atoms with Crippen LogP contribution in [0.4, 0.5) is 0 Å². The molecule has 0 amide bonds. The quantitative estimate of drug-likeness (QED) is 0.900. The summed E-state index contributed by atoms with van der Waals surface area (Å²) < 4.78 is 0. The zero-order valence-electron chi connectivity index (χ0n) is 11.6. The Labute approximate surface area is 115 Å². The Morgan fingerprint density at radius 3 is 2.56 bits per heavy atom. The van der Waals surface area contributed by atoms with E-state index < -0.39 is 0 Å². The number of nitrogens with one attached hydrogen (secondary N) is 1. The highest BCUT2D eigenvalue weighted by Crippen LogP contribution is 2.25. The van der Waals surface area contributed by atoms with Gasteiger partial charge in [0.05, 0.1) is 0 Å². The Balaban J connectivity index is 1.96. The van der Waals surface area contributed by atoms with E-state index in [-0.39, 0.29) is 0 Å². The molecule has 2 nitrogen and oxygen atoms in total. The van der Waals surface area contributed by atoms with Crippen molar-refractivity contribution >= 4 is 11.8 Å². The third-order valence-electron chi connectivity index (χ3n) is 3.80. The van der Waals surface area contributed by atoms with Gasteiger partial charge in [-0.15, -0.1) is 0 Å². The number of benzene rings is 1. The molecular formula is C15H24N2S. The smallest absolute Gasteiger partial charge is 0.0237 e. The van der Waals surface area contributed by atoms with E-state index in [4.69, 9.17) is 0 Å². The molecule has 0 bridgehead atoms. The standard InChI is InChI=1S/C15H24N2S/c1-12-13(2)18-9-8-17(12)11-15-6-4-14(5-7-15)10-16-3/h4-7,12-13,16H,8-11H2,1-3H3. The van der Waals surface area contributed by atoms with E-state index in [0.29, 0.717) is 6.04 Å². The normalized spacial score (nSPS) is 25.3. The molecule has 2 rings (SSSR count). The van der Waals surface area contributed by atoms with E-state index in [9.17, 15) is 0 Å². The Kier molecular flexibility index (Phi) is 5.10. The van der Waals surface area contributed by atoms with Gasteiger partial charge < -0.3 is 5.32 Å². The molecule has 1 aliphatic rings. The zero-order valence-corrected chi connectivity index (χ0v) is 12.5. The van der Waals surface area contributed by atoms with E-state index in [1.54, 1.807) is 0 Å². The zero-order chi connectivity index (χ0) is 13.0. The summed E-state index contributed by atoms with van der Waals surface area (Å²) in [5.74, 6) is 1.27. The highest BCUT2D eigenvalue weighted by molar-refractivity contribution is 8.00. The second-order valence-corrected chi connectivity index (χ2v) is 6.62. The molecule has 1 aromatic rings. The Bertz CT molecular complexity index is 363. The SMILES string of the molecule is CNCc1ccc(CN2CCSC(C)C2C)cc1. The van der Waals surface area contributed by atoms with Gasteiger partial charge in [0, 0.05) is 36.7 Å². The van der Waals surface area contributed by atoms with Crippen LogP contribution in [0.2, 0.25) is 0 Å². The summed E-state index contributed by atoms with van der Waals surface area (Å²) in [5, 5.41) is 3.94. The van der Waals surface area contributed by atoms with Gasteiger partial charge in [-0.3, -0.25) is 4.90 Å². The molecule has 0 aliphatic carbocycles. The van der Waals surface area contributed by atoms with Crippen molar-refractivity contribution in [3.05, 3.63) is 35.4 Å². The van der Waals surface area contributed by atoms with Gasteiger partial charge in [0.15, 0.2) is 0 Å². The number of nitrogens with zero attached hydrogens (tertiary/aromatic N) is 1. The summed E-state index contributed by atoms with van der Waals surface area (Å²) in [5.41, 5.74) is 2.79. The lowest BCUT2D eigenvalue weighted by molar-refractivity contribution is 0.204. The van der Waals surface area contributed by atoms with Crippen LogP contribution >= 0.6 is 11.8 Å². The minimum atomic E-state index is 0.681. The maximum absolute atomic E-state index is 3.18. The minimum Gasteiger partial charge on any atom is -0.316 e. The molecule has 0 radical (unpaired) electrons. The maximum Gasteiger partial charge on any atom is 0.0237 e. The van der Waals surface area contributed by atoms with Crippen molar-refractivity contribution in [2.45, 2.75) is 38.2 Å². The second-order valence-electron chi connectivity index (χ2n) is 5.13. The van der Waals surface area contributed by atoms with Gasteiger partial charge in [0.1, 0.15) is 0 Å². The predicted molar refractivity (Wildman–Crippen MR) is 81.0 cm³/mol. The fraction of sp³-hybridized carbons (Fsp3) is 0.600. The largest absolute Gasteiger partial charge is 0.316 e. The first-order valence-electron chi connectivity index (χ1n) is 6.79. The van der Waals surface area contributed by atoms with E-state index in [0.717, 1.165) is 18.3 Å². The van der Waals surface area contributed by atoms with Crippen LogP contribution in [0, 0.1) is 0 Å². The third-order valence-corrected chi connectivity index (χ3v) is 5.14. The summed E-state index contributed by atoms with van der Waals surface area (Å²) >= 11 is 2.10. The molecule has 2 atom stereocenters. The van der Waals surface area contributed by atoms with Gasteiger partial charge in [-0.2, -0.15) is 11.8 Å². The topological polar surface area (TPSA) is 15.3 Å². The molecule has 100 valence electrons. The molecule has 0 aromatic heterocycles. The first-order chi connectivity index (χ1) is 8.70. The molecule has 2 unspecified atom stereocenters. The second kappa shape index (κ2) is 6.60. The Hall–Kier alpha value is -0.510. The van der Waals surface area contributed by atoms with Crippen LogP contribution in [0.15, 0.2) is 24.3 Å². The summed E-state index contributed by atoms with van der Waals surface area (Å²) in [6.07, 6.45) is 0. The number of hydrogen-bond acceptors (Lipinski definition) is 3. The van der Waals surface area contributed by atoms with Gasteiger partial charge in [-0.05, 0) is 25.1 Å². The van der Waals surface area contributed by atoms with E-state index in [2.05, 4.69) is 60.1 Å². The lowest BCUT2D eigenvalue weighted by Gasteiger charge is -2.37. The predicted octanol–water partition coefficient (Wildman–Crippen LogP) is 2.73. The average Bonchev–Trinajstić information content (AvgIpc) is 2.38. The van der Waals surface area contributed by atoms with Crippen molar-refractivity contribution in [1.82, 2.24) is 10.2 Å². The summed E-state index contributed by atoms with van der Waals surface area (Å²) in [6, 6.07) is 9.69. The van der Waals surface area contributed by atoms with Crippen molar-refractivity contribution < 1.29 is 0 Å². The number of thioether (sulfide) groups is 1. The first-order valence-corrected chi connectivity index (χ1v) is 7.83. The van der Waals surface area contributed by atoms with Crippen LogP contribution in [0.1, 0.15) is 25.0 Å². The van der Waals surface area contributed by atoms with Crippen LogP contribution in [-0.4, -0.2) is 35.5 Å². The molecule has 18 heavy (non-hydrogen) atoms. The fourth-order valence-corrected chi connectivity index (χ4v) is 3.58. The lowest BCUT2D eigenvalue weighted by Crippen LogP contribution is -2.43. The Morgan fingerprint density at radius 1 is 1.22 bits per heavy atom. The molecule has 1 aliphatic heterocycles. The molecule has 1 fully saturated rings. The lowest BCUT2D eigenvalue weighted by atomic mass is 10.1. The first kappa shape index (κ1) is 13.9. The molecule has 1 aromatic carbocycles. The summed E-state index contributed by atoms with van der Waals surface area (Å²) in [6.45, 7) is 7.96. The molecular weight excluding hydrogens is 240 g/mol. The minimum absolute atomic E-state index is 0.681. The van der Waals surface area contributed by atoms with E-state index >= 15 is 0 Å². The maximum atomic E-state index is 3.18. The molecule has 3 heteroatoms. The van der Waals surface area contributed by atoms with Crippen molar-refractivity contribution in [2.75, 3.05) is 19.3 Å². The van der Waals surface area contributed by atoms with Crippen molar-refractivity contribution in [3.63, 3.8) is 0 Å². The fourth-order valence-electron chi connectivity index (χ4n) is 2.42. The molecule has 0 spiro atoms. The van der Waals surface area contributed by atoms with Gasteiger partial charge in [-0.1, -0.05) is 31.2 Å². The van der Waals surface area contributed by atoms with Crippen LogP contribution in [-0.2, 0) is 13.1 Å². The summed E-state index contributed by atoms with van der Waals surface area (Å²) in [7, 11) is 1.99. The summed E-state index contributed by atoms with van der Waals surface area (Å²) in [4.78, 5) is 2.61. The molecule has 1 saturated heterocycles. The van der Waals surface area contributed by atoms with Crippen LogP contribution in [0.5, 0.6) is 0 Å².